The second-order valence-corrected chi connectivity index (χ2v) is 4.69. The normalized spacial score (nSPS) is 10.5. The highest BCUT2D eigenvalue weighted by molar-refractivity contribution is 5.49. The third kappa shape index (κ3) is 3.96. The Hall–Kier alpha value is -3.10. The maximum Gasteiger partial charge on any atom is 0.323 e. The molecule has 23 heavy (non-hydrogen) atoms. The number of aromatic nitrogens is 5. The van der Waals surface area contributed by atoms with Gasteiger partial charge in [-0.15, -0.1) is 0 Å². The summed E-state index contributed by atoms with van der Waals surface area (Å²) >= 11 is 0. The number of aromatic amines is 1. The molecule has 0 aliphatic carbocycles. The fraction of sp³-hybridized carbons (Fsp3) is 0.286. The molecule has 120 valence electrons. The number of rotatable bonds is 7. The SMILES string of the molecule is CCOc1nc(NCc2ccco2)nc(Nc2cc(C)[nH]n2)n1. The Kier molecular flexibility index (Phi) is 4.37. The summed E-state index contributed by atoms with van der Waals surface area (Å²) in [5, 5.41) is 13.0. The van der Waals surface area contributed by atoms with Crippen LogP contribution in [0.4, 0.5) is 17.7 Å². The quantitative estimate of drug-likeness (QED) is 0.608. The summed E-state index contributed by atoms with van der Waals surface area (Å²) in [6.07, 6.45) is 1.61. The number of aryl methyl sites for hydroxylation is 1. The summed E-state index contributed by atoms with van der Waals surface area (Å²) in [7, 11) is 0. The first-order chi connectivity index (χ1) is 11.2. The van der Waals surface area contributed by atoms with Crippen molar-refractivity contribution in [2.45, 2.75) is 20.4 Å². The average Bonchev–Trinajstić information content (AvgIpc) is 3.17. The van der Waals surface area contributed by atoms with Crippen molar-refractivity contribution in [3.63, 3.8) is 0 Å². The molecular formula is C14H17N7O2. The molecule has 0 atom stereocenters. The molecule has 0 fully saturated rings. The van der Waals surface area contributed by atoms with Crippen LogP contribution < -0.4 is 15.4 Å². The standard InChI is InChI=1S/C14H17N7O2/c1-3-22-14-18-12(15-8-10-5-4-6-23-10)17-13(19-14)16-11-7-9(2)20-21-11/h4-7H,3,8H2,1-2H3,(H3,15,16,17,18,19,20,21). The minimum absolute atomic E-state index is 0.235. The van der Waals surface area contributed by atoms with Crippen LogP contribution in [0, 0.1) is 6.92 Å². The van der Waals surface area contributed by atoms with Crippen molar-refractivity contribution < 1.29 is 9.15 Å². The predicted molar refractivity (Wildman–Crippen MR) is 83.6 cm³/mol. The topological polar surface area (TPSA) is 114 Å². The second kappa shape index (κ2) is 6.77. The van der Waals surface area contributed by atoms with Crippen molar-refractivity contribution in [2.24, 2.45) is 0 Å². The minimum atomic E-state index is 0.235. The Morgan fingerprint density at radius 2 is 2.13 bits per heavy atom. The molecule has 0 amide bonds. The molecule has 0 radical (unpaired) electrons. The lowest BCUT2D eigenvalue weighted by molar-refractivity contribution is 0.312. The summed E-state index contributed by atoms with van der Waals surface area (Å²) in [6, 6.07) is 5.77. The van der Waals surface area contributed by atoms with E-state index in [1.54, 1.807) is 6.26 Å². The van der Waals surface area contributed by atoms with E-state index < -0.39 is 0 Å². The molecular weight excluding hydrogens is 298 g/mol. The van der Waals surface area contributed by atoms with Gasteiger partial charge in [0.2, 0.25) is 11.9 Å². The predicted octanol–water partition coefficient (Wildman–Crippen LogP) is 2.25. The van der Waals surface area contributed by atoms with Crippen molar-refractivity contribution in [3.8, 4) is 6.01 Å². The van der Waals surface area contributed by atoms with Gasteiger partial charge in [0.1, 0.15) is 5.76 Å². The van der Waals surface area contributed by atoms with Crippen LogP contribution in [0.3, 0.4) is 0 Å². The van der Waals surface area contributed by atoms with Crippen LogP contribution in [-0.4, -0.2) is 31.8 Å². The van der Waals surface area contributed by atoms with Gasteiger partial charge in [-0.25, -0.2) is 0 Å². The van der Waals surface area contributed by atoms with Crippen LogP contribution in [0.5, 0.6) is 6.01 Å². The van der Waals surface area contributed by atoms with E-state index in [-0.39, 0.29) is 6.01 Å². The maximum atomic E-state index is 5.37. The minimum Gasteiger partial charge on any atom is -0.467 e. The fourth-order valence-electron chi connectivity index (χ4n) is 1.86. The highest BCUT2D eigenvalue weighted by Crippen LogP contribution is 2.16. The van der Waals surface area contributed by atoms with Crippen molar-refractivity contribution >= 4 is 17.7 Å². The van der Waals surface area contributed by atoms with Crippen molar-refractivity contribution in [1.29, 1.82) is 0 Å². The Labute approximate surface area is 132 Å². The zero-order chi connectivity index (χ0) is 16.1. The first-order valence-electron chi connectivity index (χ1n) is 7.17. The Balaban J connectivity index is 1.77. The monoisotopic (exact) mass is 315 g/mol. The zero-order valence-corrected chi connectivity index (χ0v) is 12.8. The van der Waals surface area contributed by atoms with Gasteiger partial charge >= 0.3 is 6.01 Å². The Morgan fingerprint density at radius 1 is 1.26 bits per heavy atom. The van der Waals surface area contributed by atoms with E-state index in [4.69, 9.17) is 9.15 Å². The zero-order valence-electron chi connectivity index (χ0n) is 12.8. The molecule has 3 N–H and O–H groups in total. The van der Waals surface area contributed by atoms with Gasteiger partial charge in [0.25, 0.3) is 0 Å². The fourth-order valence-corrected chi connectivity index (χ4v) is 1.86. The number of furan rings is 1. The number of nitrogens with zero attached hydrogens (tertiary/aromatic N) is 4. The number of ether oxygens (including phenoxy) is 1. The molecule has 0 spiro atoms. The van der Waals surface area contributed by atoms with Crippen molar-refractivity contribution in [2.75, 3.05) is 17.2 Å². The molecule has 0 unspecified atom stereocenters. The second-order valence-electron chi connectivity index (χ2n) is 4.69. The van der Waals surface area contributed by atoms with Crippen LogP contribution in [0.25, 0.3) is 0 Å². The summed E-state index contributed by atoms with van der Waals surface area (Å²) in [5.41, 5.74) is 0.933. The molecule has 3 rings (SSSR count). The van der Waals surface area contributed by atoms with E-state index in [9.17, 15) is 0 Å². The lowest BCUT2D eigenvalue weighted by Gasteiger charge is -2.08. The van der Waals surface area contributed by atoms with Crippen LogP contribution in [-0.2, 0) is 6.54 Å². The largest absolute Gasteiger partial charge is 0.467 e. The van der Waals surface area contributed by atoms with Gasteiger partial charge in [-0.05, 0) is 26.0 Å². The van der Waals surface area contributed by atoms with Crippen LogP contribution in [0.2, 0.25) is 0 Å². The first-order valence-corrected chi connectivity index (χ1v) is 7.17. The highest BCUT2D eigenvalue weighted by Gasteiger charge is 2.09. The molecule has 0 saturated heterocycles. The number of hydrogen-bond acceptors (Lipinski definition) is 8. The number of nitrogens with one attached hydrogen (secondary N) is 3. The molecule has 3 aromatic heterocycles. The van der Waals surface area contributed by atoms with Gasteiger partial charge in [0, 0.05) is 11.8 Å². The van der Waals surface area contributed by atoms with Gasteiger partial charge < -0.3 is 19.8 Å². The van der Waals surface area contributed by atoms with Gasteiger partial charge in [0.15, 0.2) is 5.82 Å². The van der Waals surface area contributed by atoms with Crippen molar-refractivity contribution in [3.05, 3.63) is 35.9 Å². The van der Waals surface area contributed by atoms with Crippen LogP contribution >= 0.6 is 0 Å². The Bertz CT molecular complexity index is 754. The highest BCUT2D eigenvalue weighted by atomic mass is 16.5. The van der Waals surface area contributed by atoms with E-state index in [1.807, 2.05) is 32.0 Å². The van der Waals surface area contributed by atoms with Crippen LogP contribution in [0.15, 0.2) is 28.9 Å². The third-order valence-corrected chi connectivity index (χ3v) is 2.83. The lowest BCUT2D eigenvalue weighted by Crippen LogP contribution is -2.09. The molecule has 0 bridgehead atoms. The summed E-state index contributed by atoms with van der Waals surface area (Å²) in [6.45, 7) is 4.70. The average molecular weight is 315 g/mol. The van der Waals surface area contributed by atoms with Gasteiger partial charge in [-0.3, -0.25) is 5.10 Å². The smallest absolute Gasteiger partial charge is 0.323 e. The van der Waals surface area contributed by atoms with Crippen molar-refractivity contribution in [1.82, 2.24) is 25.1 Å². The molecule has 3 aromatic rings. The maximum absolute atomic E-state index is 5.37. The molecule has 0 aromatic carbocycles. The molecule has 0 saturated carbocycles. The lowest BCUT2D eigenvalue weighted by atomic mass is 10.4. The Morgan fingerprint density at radius 3 is 2.83 bits per heavy atom. The first kappa shape index (κ1) is 14.8. The van der Waals surface area contributed by atoms with E-state index in [2.05, 4.69) is 35.8 Å². The number of H-pyrrole nitrogens is 1. The molecule has 9 nitrogen and oxygen atoms in total. The molecule has 0 aliphatic heterocycles. The molecule has 9 heteroatoms. The molecule has 3 heterocycles. The van der Waals surface area contributed by atoms with Gasteiger partial charge in [-0.1, -0.05) is 0 Å². The number of anilines is 3. The van der Waals surface area contributed by atoms with Crippen LogP contribution in [0.1, 0.15) is 18.4 Å². The summed E-state index contributed by atoms with van der Waals surface area (Å²) in [5.74, 6) is 2.13. The van der Waals surface area contributed by atoms with E-state index in [0.717, 1.165) is 11.5 Å². The molecule has 0 aliphatic rings. The number of hydrogen-bond donors (Lipinski definition) is 3. The third-order valence-electron chi connectivity index (χ3n) is 2.83. The summed E-state index contributed by atoms with van der Waals surface area (Å²) in [4.78, 5) is 12.7. The van der Waals surface area contributed by atoms with E-state index in [0.29, 0.717) is 30.9 Å². The summed E-state index contributed by atoms with van der Waals surface area (Å²) < 4.78 is 10.6. The van der Waals surface area contributed by atoms with Gasteiger partial charge in [0.05, 0.1) is 19.4 Å². The van der Waals surface area contributed by atoms with E-state index in [1.165, 1.54) is 0 Å². The van der Waals surface area contributed by atoms with Gasteiger partial charge in [-0.2, -0.15) is 20.1 Å². The van der Waals surface area contributed by atoms with E-state index >= 15 is 0 Å².